The minimum absolute atomic E-state index is 0.0434. The van der Waals surface area contributed by atoms with Crippen molar-refractivity contribution in [1.82, 2.24) is 0 Å². The second-order valence-electron chi connectivity index (χ2n) is 7.55. The molecule has 0 heterocycles. The summed E-state index contributed by atoms with van der Waals surface area (Å²) in [6.07, 6.45) is 0. The molecule has 0 radical (unpaired) electrons. The number of carboxylic acid groups (broad SMARTS) is 1. The fourth-order valence-corrected chi connectivity index (χ4v) is 4.13. The van der Waals surface area contributed by atoms with Crippen molar-refractivity contribution in [3.05, 3.63) is 99.6 Å². The molecule has 0 spiro atoms. The Labute approximate surface area is 183 Å². The van der Waals surface area contributed by atoms with Gasteiger partial charge in [-0.2, -0.15) is 0 Å². The predicted molar refractivity (Wildman–Crippen MR) is 116 cm³/mol. The summed E-state index contributed by atoms with van der Waals surface area (Å²) in [4.78, 5) is 35.0. The number of carbonyl (C=O) groups excluding carboxylic acids is 1. The van der Waals surface area contributed by atoms with Crippen molar-refractivity contribution in [2.45, 2.75) is 12.0 Å². The molecule has 32 heavy (non-hydrogen) atoms. The molecular weight excluding hydrogens is 412 g/mol. The number of aliphatic carboxylic acids is 1. The predicted octanol–water partition coefficient (Wildman–Crippen LogP) is 3.65. The third-order valence-corrected chi connectivity index (χ3v) is 5.70. The van der Waals surface area contributed by atoms with E-state index in [4.69, 9.17) is 10.5 Å². The van der Waals surface area contributed by atoms with Gasteiger partial charge in [0.05, 0.1) is 11.0 Å². The van der Waals surface area contributed by atoms with Gasteiger partial charge in [0, 0.05) is 18.1 Å². The first-order chi connectivity index (χ1) is 15.4. The molecule has 0 aliphatic heterocycles. The number of fused-ring (bicyclic) bond motifs is 3. The Hall–Kier alpha value is -4.04. The fourth-order valence-electron chi connectivity index (χ4n) is 4.13. The number of hydrogen-bond acceptors (Lipinski definition) is 6. The van der Waals surface area contributed by atoms with Gasteiger partial charge in [-0.1, -0.05) is 60.7 Å². The molecule has 1 aliphatic carbocycles. The molecule has 0 aromatic heterocycles. The zero-order valence-corrected chi connectivity index (χ0v) is 16.9. The van der Waals surface area contributed by atoms with Gasteiger partial charge in [0.15, 0.2) is 5.92 Å². The number of nitro benzene ring substituents is 1. The van der Waals surface area contributed by atoms with Crippen molar-refractivity contribution < 1.29 is 24.4 Å². The molecule has 162 valence electrons. The molecule has 4 rings (SSSR count). The highest BCUT2D eigenvalue weighted by Gasteiger charge is 2.37. The highest BCUT2D eigenvalue weighted by molar-refractivity contribution is 5.95. The summed E-state index contributed by atoms with van der Waals surface area (Å²) in [7, 11) is 0. The minimum Gasteiger partial charge on any atom is -0.481 e. The Morgan fingerprint density at radius 2 is 1.59 bits per heavy atom. The molecule has 8 nitrogen and oxygen atoms in total. The van der Waals surface area contributed by atoms with Crippen LogP contribution in [0, 0.1) is 16.0 Å². The van der Waals surface area contributed by atoms with E-state index in [1.165, 1.54) is 18.2 Å². The van der Waals surface area contributed by atoms with Crippen LogP contribution in [0.2, 0.25) is 0 Å². The average molecular weight is 432 g/mol. The van der Waals surface area contributed by atoms with E-state index in [1.807, 2.05) is 48.5 Å². The number of esters is 1. The standard InChI is InChI=1S/C24H20N2O6/c25-22(14-6-5-7-15(12-14)26(30)31)21(23(27)28)24(29)32-13-20-18-10-3-1-8-16(18)17-9-2-4-11-19(17)20/h1-12,20-22H,13,25H2,(H,27,28)/t21-,22+/m0/s1. The van der Waals surface area contributed by atoms with Gasteiger partial charge in [0.1, 0.15) is 6.61 Å². The number of rotatable bonds is 7. The third-order valence-electron chi connectivity index (χ3n) is 5.70. The summed E-state index contributed by atoms with van der Waals surface area (Å²) in [5, 5.41) is 20.7. The van der Waals surface area contributed by atoms with Crippen molar-refractivity contribution in [2.24, 2.45) is 11.7 Å². The number of hydrogen-bond donors (Lipinski definition) is 2. The number of nitrogens with zero attached hydrogens (tertiary/aromatic N) is 1. The van der Waals surface area contributed by atoms with Crippen molar-refractivity contribution >= 4 is 17.6 Å². The van der Waals surface area contributed by atoms with Crippen molar-refractivity contribution in [3.8, 4) is 11.1 Å². The number of ether oxygens (including phenoxy) is 1. The highest BCUT2D eigenvalue weighted by atomic mass is 16.6. The van der Waals surface area contributed by atoms with Gasteiger partial charge in [0.2, 0.25) is 0 Å². The van der Waals surface area contributed by atoms with E-state index in [0.717, 1.165) is 28.3 Å². The maximum Gasteiger partial charge on any atom is 0.322 e. The van der Waals surface area contributed by atoms with Crippen LogP contribution in [0.4, 0.5) is 5.69 Å². The average Bonchev–Trinajstić information content (AvgIpc) is 3.11. The van der Waals surface area contributed by atoms with Crippen LogP contribution in [0.3, 0.4) is 0 Å². The number of nitro groups is 1. The summed E-state index contributed by atoms with van der Waals surface area (Å²) in [6.45, 7) is -0.0434. The first kappa shape index (κ1) is 21.2. The first-order valence-corrected chi connectivity index (χ1v) is 9.96. The lowest BCUT2D eigenvalue weighted by atomic mass is 9.93. The third kappa shape index (κ3) is 3.83. The molecule has 0 amide bonds. The number of carboxylic acids is 1. The van der Waals surface area contributed by atoms with Crippen LogP contribution in [-0.4, -0.2) is 28.6 Å². The van der Waals surface area contributed by atoms with Crippen molar-refractivity contribution in [1.29, 1.82) is 0 Å². The number of carbonyl (C=O) groups is 2. The Kier molecular flexibility index (Phi) is 5.70. The fraction of sp³-hybridized carbons (Fsp3) is 0.167. The minimum atomic E-state index is -1.70. The van der Waals surface area contributed by atoms with E-state index in [-0.39, 0.29) is 23.8 Å². The zero-order valence-electron chi connectivity index (χ0n) is 16.9. The zero-order chi connectivity index (χ0) is 22.8. The van der Waals surface area contributed by atoms with Crippen molar-refractivity contribution in [3.63, 3.8) is 0 Å². The molecule has 2 atom stereocenters. The SMILES string of the molecule is N[C@H](c1cccc([N+](=O)[O-])c1)[C@@H](C(=O)O)C(=O)OCC1c2ccccc2-c2ccccc21. The van der Waals surface area contributed by atoms with Crippen LogP contribution in [0.1, 0.15) is 28.7 Å². The first-order valence-electron chi connectivity index (χ1n) is 9.96. The summed E-state index contributed by atoms with van der Waals surface area (Å²) < 4.78 is 5.45. The lowest BCUT2D eigenvalue weighted by Crippen LogP contribution is -2.36. The van der Waals surface area contributed by atoms with Gasteiger partial charge >= 0.3 is 11.9 Å². The molecule has 3 aromatic carbocycles. The number of non-ortho nitro benzene ring substituents is 1. The molecular formula is C24H20N2O6. The summed E-state index contributed by atoms with van der Waals surface area (Å²) >= 11 is 0. The Morgan fingerprint density at radius 3 is 2.16 bits per heavy atom. The van der Waals surface area contributed by atoms with Gasteiger partial charge in [-0.3, -0.25) is 19.7 Å². The lowest BCUT2D eigenvalue weighted by molar-refractivity contribution is -0.384. The number of benzene rings is 3. The molecule has 0 saturated carbocycles. The van der Waals surface area contributed by atoms with E-state index in [1.54, 1.807) is 0 Å². The van der Waals surface area contributed by atoms with E-state index in [2.05, 4.69) is 0 Å². The van der Waals surface area contributed by atoms with E-state index in [9.17, 15) is 24.8 Å². The molecule has 0 bridgehead atoms. The Balaban J connectivity index is 1.55. The summed E-state index contributed by atoms with van der Waals surface area (Å²) in [5.41, 5.74) is 10.1. The molecule has 1 aliphatic rings. The Morgan fingerprint density at radius 1 is 1.00 bits per heavy atom. The smallest absolute Gasteiger partial charge is 0.322 e. The van der Waals surface area contributed by atoms with Crippen LogP contribution >= 0.6 is 0 Å². The van der Waals surface area contributed by atoms with E-state index < -0.39 is 28.8 Å². The lowest BCUT2D eigenvalue weighted by Gasteiger charge is -2.21. The summed E-state index contributed by atoms with van der Waals surface area (Å²) in [6, 6.07) is 19.5. The van der Waals surface area contributed by atoms with E-state index >= 15 is 0 Å². The van der Waals surface area contributed by atoms with Crippen LogP contribution < -0.4 is 5.73 Å². The van der Waals surface area contributed by atoms with E-state index in [0.29, 0.717) is 0 Å². The van der Waals surface area contributed by atoms with Gasteiger partial charge < -0.3 is 15.6 Å². The van der Waals surface area contributed by atoms with Crippen LogP contribution in [0.5, 0.6) is 0 Å². The largest absolute Gasteiger partial charge is 0.481 e. The number of nitrogens with two attached hydrogens (primary N) is 1. The second kappa shape index (κ2) is 8.60. The molecule has 0 saturated heterocycles. The molecule has 3 aromatic rings. The monoisotopic (exact) mass is 432 g/mol. The molecule has 0 unspecified atom stereocenters. The second-order valence-corrected chi connectivity index (χ2v) is 7.55. The van der Waals surface area contributed by atoms with Crippen molar-refractivity contribution in [2.75, 3.05) is 6.61 Å². The van der Waals surface area contributed by atoms with Gasteiger partial charge in [0.25, 0.3) is 5.69 Å². The Bertz CT molecular complexity index is 1160. The van der Waals surface area contributed by atoms with Gasteiger partial charge in [-0.15, -0.1) is 0 Å². The molecule has 8 heteroatoms. The molecule has 3 N–H and O–H groups in total. The van der Waals surface area contributed by atoms with Crippen LogP contribution in [0.15, 0.2) is 72.8 Å². The highest BCUT2D eigenvalue weighted by Crippen LogP contribution is 2.44. The van der Waals surface area contributed by atoms with Crippen LogP contribution in [0.25, 0.3) is 11.1 Å². The van der Waals surface area contributed by atoms with Crippen LogP contribution in [-0.2, 0) is 14.3 Å². The quantitative estimate of drug-likeness (QED) is 0.252. The maximum absolute atomic E-state index is 12.8. The maximum atomic E-state index is 12.8. The summed E-state index contributed by atoms with van der Waals surface area (Å²) in [5.74, 6) is -4.38. The topological polar surface area (TPSA) is 133 Å². The van der Waals surface area contributed by atoms with Gasteiger partial charge in [-0.05, 0) is 27.8 Å². The normalized spacial score (nSPS) is 14.2. The van der Waals surface area contributed by atoms with Gasteiger partial charge in [-0.25, -0.2) is 0 Å². The molecule has 0 fully saturated rings.